The predicted molar refractivity (Wildman–Crippen MR) is 53.7 cm³/mol. The molecule has 3 N–H and O–H groups in total. The largest absolute Gasteiger partial charge is 0.507 e. The van der Waals surface area contributed by atoms with Crippen LogP contribution in [-0.4, -0.2) is 15.3 Å². The van der Waals surface area contributed by atoms with Crippen LogP contribution in [0.15, 0.2) is 24.3 Å². The van der Waals surface area contributed by atoms with Gasteiger partial charge in [0, 0.05) is 5.39 Å². The van der Waals surface area contributed by atoms with E-state index in [0.29, 0.717) is 10.9 Å². The molecule has 0 aliphatic heterocycles. The molecule has 0 saturated heterocycles. The van der Waals surface area contributed by atoms with E-state index >= 15 is 0 Å². The molecular formula is C11H10O3. The Hall–Kier alpha value is -1.90. The first-order chi connectivity index (χ1) is 6.61. The molecule has 2 aromatic carbocycles. The van der Waals surface area contributed by atoms with Crippen LogP contribution in [0.4, 0.5) is 0 Å². The van der Waals surface area contributed by atoms with Crippen LogP contribution in [0.1, 0.15) is 5.56 Å². The summed E-state index contributed by atoms with van der Waals surface area (Å²) in [4.78, 5) is 0. The van der Waals surface area contributed by atoms with Crippen molar-refractivity contribution in [1.82, 2.24) is 0 Å². The monoisotopic (exact) mass is 190 g/mol. The van der Waals surface area contributed by atoms with E-state index in [1.165, 1.54) is 12.1 Å². The van der Waals surface area contributed by atoms with Gasteiger partial charge in [-0.3, -0.25) is 0 Å². The van der Waals surface area contributed by atoms with Gasteiger partial charge in [-0.05, 0) is 24.6 Å². The minimum Gasteiger partial charge on any atom is -0.507 e. The Kier molecular flexibility index (Phi) is 1.74. The van der Waals surface area contributed by atoms with Gasteiger partial charge in [-0.2, -0.15) is 0 Å². The molecule has 0 bridgehead atoms. The van der Waals surface area contributed by atoms with E-state index < -0.39 is 0 Å². The quantitative estimate of drug-likeness (QED) is 0.558. The van der Waals surface area contributed by atoms with Crippen molar-refractivity contribution >= 4 is 10.8 Å². The van der Waals surface area contributed by atoms with Gasteiger partial charge in [-0.1, -0.05) is 12.1 Å². The molecule has 2 rings (SSSR count). The number of aryl methyl sites for hydroxylation is 1. The lowest BCUT2D eigenvalue weighted by Crippen LogP contribution is -1.80. The maximum atomic E-state index is 9.68. The predicted octanol–water partition coefficient (Wildman–Crippen LogP) is 2.27. The number of hydrogen-bond acceptors (Lipinski definition) is 3. The van der Waals surface area contributed by atoms with Crippen molar-refractivity contribution in [1.29, 1.82) is 0 Å². The van der Waals surface area contributed by atoms with Gasteiger partial charge in [0.25, 0.3) is 0 Å². The molecule has 0 spiro atoms. The molecule has 0 heterocycles. The van der Waals surface area contributed by atoms with Gasteiger partial charge >= 0.3 is 0 Å². The van der Waals surface area contributed by atoms with Crippen LogP contribution in [0, 0.1) is 6.92 Å². The first-order valence-electron chi connectivity index (χ1n) is 4.24. The highest BCUT2D eigenvalue weighted by Gasteiger charge is 2.10. The summed E-state index contributed by atoms with van der Waals surface area (Å²) in [5, 5.41) is 29.5. The number of hydrogen-bond donors (Lipinski definition) is 3. The molecule has 2 aromatic rings. The third-order valence-electron chi connectivity index (χ3n) is 2.28. The van der Waals surface area contributed by atoms with E-state index in [0.717, 1.165) is 0 Å². The zero-order chi connectivity index (χ0) is 10.3. The van der Waals surface area contributed by atoms with Crippen LogP contribution in [0.3, 0.4) is 0 Å². The van der Waals surface area contributed by atoms with Crippen LogP contribution in [0.2, 0.25) is 0 Å². The lowest BCUT2D eigenvalue weighted by Gasteiger charge is -2.07. The average Bonchev–Trinajstić information content (AvgIpc) is 2.14. The fourth-order valence-corrected chi connectivity index (χ4v) is 1.56. The summed E-state index contributed by atoms with van der Waals surface area (Å²) in [5.41, 5.74) is 0.584. The Bertz CT molecular complexity index is 503. The van der Waals surface area contributed by atoms with Gasteiger partial charge < -0.3 is 15.3 Å². The van der Waals surface area contributed by atoms with Gasteiger partial charge in [0.15, 0.2) is 0 Å². The van der Waals surface area contributed by atoms with Crippen molar-refractivity contribution in [3.05, 3.63) is 29.8 Å². The molecule has 0 unspecified atom stereocenters. The van der Waals surface area contributed by atoms with Crippen LogP contribution in [-0.2, 0) is 0 Å². The second kappa shape index (κ2) is 2.80. The van der Waals surface area contributed by atoms with Crippen molar-refractivity contribution in [3.8, 4) is 17.2 Å². The summed E-state index contributed by atoms with van der Waals surface area (Å²) in [5.74, 6) is 0.0393. The van der Waals surface area contributed by atoms with Crippen molar-refractivity contribution in [2.75, 3.05) is 0 Å². The van der Waals surface area contributed by atoms with Crippen molar-refractivity contribution in [3.63, 3.8) is 0 Å². The number of phenols is 3. The summed E-state index contributed by atoms with van der Waals surface area (Å²) < 4.78 is 0. The Balaban J connectivity index is 3.02. The highest BCUT2D eigenvalue weighted by atomic mass is 16.3. The van der Waals surface area contributed by atoms with Crippen LogP contribution in [0.5, 0.6) is 17.2 Å². The van der Waals surface area contributed by atoms with E-state index in [2.05, 4.69) is 0 Å². The third kappa shape index (κ3) is 1.06. The van der Waals surface area contributed by atoms with Gasteiger partial charge in [0.2, 0.25) is 0 Å². The number of fused-ring (bicyclic) bond motifs is 1. The van der Waals surface area contributed by atoms with Gasteiger partial charge in [-0.15, -0.1) is 0 Å². The van der Waals surface area contributed by atoms with E-state index in [9.17, 15) is 15.3 Å². The molecule has 0 aromatic heterocycles. The molecule has 0 fully saturated rings. The Labute approximate surface area is 80.9 Å². The van der Waals surface area contributed by atoms with Crippen LogP contribution < -0.4 is 0 Å². The number of benzene rings is 2. The fourth-order valence-electron chi connectivity index (χ4n) is 1.56. The zero-order valence-electron chi connectivity index (χ0n) is 7.65. The van der Waals surface area contributed by atoms with Gasteiger partial charge in [-0.25, -0.2) is 0 Å². The van der Waals surface area contributed by atoms with Crippen molar-refractivity contribution in [2.45, 2.75) is 6.92 Å². The molecule has 0 aliphatic carbocycles. The first kappa shape index (κ1) is 8.69. The molecule has 0 atom stereocenters. The third-order valence-corrected chi connectivity index (χ3v) is 2.28. The number of phenolic OH excluding ortho intramolecular Hbond substituents is 3. The molecular weight excluding hydrogens is 180 g/mol. The SMILES string of the molecule is Cc1cc(O)c2c(O)cccc2c1O. The highest BCUT2D eigenvalue weighted by Crippen LogP contribution is 2.39. The van der Waals surface area contributed by atoms with Crippen LogP contribution in [0.25, 0.3) is 10.8 Å². The molecule has 72 valence electrons. The van der Waals surface area contributed by atoms with Crippen molar-refractivity contribution < 1.29 is 15.3 Å². The summed E-state index contributed by atoms with van der Waals surface area (Å²) in [7, 11) is 0. The fraction of sp³-hybridized carbons (Fsp3) is 0.0909. The van der Waals surface area contributed by atoms with Crippen molar-refractivity contribution in [2.24, 2.45) is 0 Å². The van der Waals surface area contributed by atoms with Gasteiger partial charge in [0.1, 0.15) is 17.2 Å². The Morgan fingerprint density at radius 1 is 1.00 bits per heavy atom. The van der Waals surface area contributed by atoms with E-state index in [4.69, 9.17) is 0 Å². The average molecular weight is 190 g/mol. The molecule has 0 aliphatic rings. The lowest BCUT2D eigenvalue weighted by molar-refractivity contribution is 0.455. The number of rotatable bonds is 0. The smallest absolute Gasteiger partial charge is 0.127 e. The second-order valence-corrected chi connectivity index (χ2v) is 3.26. The zero-order valence-corrected chi connectivity index (χ0v) is 7.65. The minimum absolute atomic E-state index is 0.0200. The summed E-state index contributed by atoms with van der Waals surface area (Å²) >= 11 is 0. The van der Waals surface area contributed by atoms with E-state index in [-0.39, 0.29) is 22.6 Å². The first-order valence-corrected chi connectivity index (χ1v) is 4.24. The standard InChI is InChI=1S/C11H10O3/c1-6-5-9(13)10-7(11(6)14)3-2-4-8(10)12/h2-5,12-14H,1H3. The molecule has 0 amide bonds. The molecule has 0 saturated carbocycles. The lowest BCUT2D eigenvalue weighted by atomic mass is 10.0. The maximum absolute atomic E-state index is 9.68. The normalized spacial score (nSPS) is 10.6. The Morgan fingerprint density at radius 2 is 1.71 bits per heavy atom. The highest BCUT2D eigenvalue weighted by molar-refractivity contribution is 5.98. The maximum Gasteiger partial charge on any atom is 0.127 e. The second-order valence-electron chi connectivity index (χ2n) is 3.26. The molecule has 14 heavy (non-hydrogen) atoms. The summed E-state index contributed by atoms with van der Waals surface area (Å²) in [6.45, 7) is 1.69. The minimum atomic E-state index is -0.0321. The molecule has 3 heteroatoms. The van der Waals surface area contributed by atoms with E-state index in [1.807, 2.05) is 0 Å². The Morgan fingerprint density at radius 3 is 2.43 bits per heavy atom. The summed E-state index contributed by atoms with van der Waals surface area (Å²) in [6.07, 6.45) is 0. The van der Waals surface area contributed by atoms with Crippen LogP contribution >= 0.6 is 0 Å². The van der Waals surface area contributed by atoms with Gasteiger partial charge in [0.05, 0.1) is 5.39 Å². The molecule has 0 radical (unpaired) electrons. The molecule has 3 nitrogen and oxygen atoms in total. The topological polar surface area (TPSA) is 60.7 Å². The van der Waals surface area contributed by atoms with E-state index in [1.54, 1.807) is 19.1 Å². The summed E-state index contributed by atoms with van der Waals surface area (Å²) in [6, 6.07) is 6.17. The number of aromatic hydroxyl groups is 3.